The molecule has 0 aliphatic carbocycles. The smallest absolute Gasteiger partial charge is 0.308 e. The number of carbonyl (C=O) groups is 1. The Kier molecular flexibility index (Phi) is 8.98. The maximum atomic E-state index is 12.7. The summed E-state index contributed by atoms with van der Waals surface area (Å²) in [5, 5.41) is 0.169. The van der Waals surface area contributed by atoms with Gasteiger partial charge < -0.3 is 18.0 Å². The van der Waals surface area contributed by atoms with Crippen molar-refractivity contribution in [2.45, 2.75) is 141 Å². The van der Waals surface area contributed by atoms with Gasteiger partial charge in [-0.15, -0.1) is 0 Å². The highest BCUT2D eigenvalue weighted by atomic mass is 28.4. The van der Waals surface area contributed by atoms with E-state index >= 15 is 0 Å². The normalized spacial score (nSPS) is 24.5. The van der Waals surface area contributed by atoms with Gasteiger partial charge in [0.15, 0.2) is 31.1 Å². The zero-order valence-corrected chi connectivity index (χ0v) is 26.7. The Morgan fingerprint density at radius 1 is 0.750 bits per heavy atom. The van der Waals surface area contributed by atoms with Gasteiger partial charge in [0, 0.05) is 0 Å². The van der Waals surface area contributed by atoms with Crippen molar-refractivity contribution in [1.29, 1.82) is 0 Å². The lowest BCUT2D eigenvalue weighted by Gasteiger charge is -2.48. The third-order valence-electron chi connectivity index (χ3n) is 8.29. The molecule has 190 valence electrons. The SMILES string of the molecule is CC(C)(C)[Si](C)(C)OC[C@H]1OC(=O)CC(O[Si](C)(C)C(C)(C)C)C1O[Si](C)(C)C(C)(C)C. The highest BCUT2D eigenvalue weighted by Crippen LogP contribution is 2.43. The molecule has 0 N–H and O–H groups in total. The van der Waals surface area contributed by atoms with E-state index in [1.165, 1.54) is 0 Å². The third kappa shape index (κ3) is 7.25. The number of cyclic esters (lactones) is 1. The first-order chi connectivity index (χ1) is 13.9. The van der Waals surface area contributed by atoms with E-state index in [0.29, 0.717) is 6.61 Å². The highest BCUT2D eigenvalue weighted by Gasteiger charge is 2.51. The fraction of sp³-hybridized carbons (Fsp3) is 0.958. The average molecular weight is 505 g/mol. The first kappa shape index (κ1) is 30.0. The van der Waals surface area contributed by atoms with Crippen LogP contribution < -0.4 is 0 Å². The van der Waals surface area contributed by atoms with E-state index in [0.717, 1.165) is 0 Å². The van der Waals surface area contributed by atoms with Crippen molar-refractivity contribution in [3.63, 3.8) is 0 Å². The molecule has 1 rings (SSSR count). The lowest BCUT2D eigenvalue weighted by molar-refractivity contribution is -0.178. The summed E-state index contributed by atoms with van der Waals surface area (Å²) in [4.78, 5) is 12.7. The van der Waals surface area contributed by atoms with Crippen LogP contribution in [-0.4, -0.2) is 55.8 Å². The second-order valence-electron chi connectivity index (χ2n) is 14.1. The van der Waals surface area contributed by atoms with Crippen molar-refractivity contribution in [3.05, 3.63) is 0 Å². The van der Waals surface area contributed by atoms with Crippen LogP contribution in [0.3, 0.4) is 0 Å². The second-order valence-corrected chi connectivity index (χ2v) is 28.4. The number of esters is 1. The first-order valence-electron chi connectivity index (χ1n) is 12.1. The van der Waals surface area contributed by atoms with E-state index in [9.17, 15) is 4.79 Å². The van der Waals surface area contributed by atoms with Crippen LogP contribution in [0.4, 0.5) is 0 Å². The number of hydrogen-bond acceptors (Lipinski definition) is 5. The largest absolute Gasteiger partial charge is 0.457 e. The van der Waals surface area contributed by atoms with Crippen LogP contribution in [0.1, 0.15) is 68.7 Å². The Labute approximate surface area is 201 Å². The Balaban J connectivity index is 3.31. The van der Waals surface area contributed by atoms with E-state index in [4.69, 9.17) is 18.0 Å². The molecule has 0 saturated carbocycles. The molecular formula is C24H52O5Si3. The Morgan fingerprint density at radius 3 is 1.56 bits per heavy atom. The quantitative estimate of drug-likeness (QED) is 0.273. The summed E-state index contributed by atoms with van der Waals surface area (Å²) in [6, 6.07) is 0. The van der Waals surface area contributed by atoms with Gasteiger partial charge in [0.25, 0.3) is 0 Å². The Hall–Kier alpha value is 0.000649. The fourth-order valence-corrected chi connectivity index (χ4v) is 6.45. The molecule has 1 saturated heterocycles. The van der Waals surface area contributed by atoms with Crippen molar-refractivity contribution < 1.29 is 22.8 Å². The minimum atomic E-state index is -2.13. The summed E-state index contributed by atoms with van der Waals surface area (Å²) < 4.78 is 26.1. The van der Waals surface area contributed by atoms with Crippen molar-refractivity contribution in [1.82, 2.24) is 0 Å². The molecule has 1 fully saturated rings. The molecule has 8 heteroatoms. The monoisotopic (exact) mass is 504 g/mol. The summed E-state index contributed by atoms with van der Waals surface area (Å²) in [5.74, 6) is -0.215. The van der Waals surface area contributed by atoms with Gasteiger partial charge in [-0.3, -0.25) is 4.79 Å². The van der Waals surface area contributed by atoms with Crippen LogP contribution in [0.5, 0.6) is 0 Å². The van der Waals surface area contributed by atoms with Gasteiger partial charge in [0.05, 0.1) is 19.1 Å². The predicted octanol–water partition coefficient (Wildman–Crippen LogP) is 7.10. The summed E-state index contributed by atoms with van der Waals surface area (Å²) >= 11 is 0. The summed E-state index contributed by atoms with van der Waals surface area (Å²) in [6.45, 7) is 33.8. The van der Waals surface area contributed by atoms with E-state index in [2.05, 4.69) is 102 Å². The molecule has 0 bridgehead atoms. The van der Waals surface area contributed by atoms with Gasteiger partial charge in [-0.1, -0.05) is 62.3 Å². The average Bonchev–Trinajstić information content (AvgIpc) is 2.52. The Bertz CT molecular complexity index is 654. The molecule has 0 aromatic heterocycles. The first-order valence-corrected chi connectivity index (χ1v) is 20.8. The van der Waals surface area contributed by atoms with Crippen molar-refractivity contribution in [2.24, 2.45) is 0 Å². The molecular weight excluding hydrogens is 453 g/mol. The maximum absolute atomic E-state index is 12.7. The number of rotatable bonds is 7. The van der Waals surface area contributed by atoms with Gasteiger partial charge in [-0.2, -0.15) is 0 Å². The predicted molar refractivity (Wildman–Crippen MR) is 142 cm³/mol. The van der Waals surface area contributed by atoms with Gasteiger partial charge in [0.1, 0.15) is 6.10 Å². The lowest BCUT2D eigenvalue weighted by atomic mass is 10.0. The summed E-state index contributed by atoms with van der Waals surface area (Å²) in [6.07, 6.45) is -0.830. The van der Waals surface area contributed by atoms with Crippen molar-refractivity contribution in [3.8, 4) is 0 Å². The van der Waals surface area contributed by atoms with Crippen LogP contribution in [0.25, 0.3) is 0 Å². The molecule has 0 aromatic rings. The number of hydrogen-bond donors (Lipinski definition) is 0. The number of ether oxygens (including phenoxy) is 1. The van der Waals surface area contributed by atoms with Crippen LogP contribution >= 0.6 is 0 Å². The maximum Gasteiger partial charge on any atom is 0.308 e. The summed E-state index contributed by atoms with van der Waals surface area (Å²) in [7, 11) is -6.24. The zero-order valence-electron chi connectivity index (χ0n) is 23.7. The lowest BCUT2D eigenvalue weighted by Crippen LogP contribution is -2.60. The topological polar surface area (TPSA) is 54.0 Å². The molecule has 0 aromatic carbocycles. The van der Waals surface area contributed by atoms with Crippen molar-refractivity contribution in [2.75, 3.05) is 6.61 Å². The third-order valence-corrected chi connectivity index (χ3v) is 21.8. The van der Waals surface area contributed by atoms with Crippen LogP contribution in [0.15, 0.2) is 0 Å². The van der Waals surface area contributed by atoms with E-state index in [-0.39, 0.29) is 39.7 Å². The van der Waals surface area contributed by atoms with Crippen LogP contribution in [0, 0.1) is 0 Å². The molecule has 32 heavy (non-hydrogen) atoms. The van der Waals surface area contributed by atoms with Gasteiger partial charge in [0.2, 0.25) is 0 Å². The minimum absolute atomic E-state index is 0.0425. The standard InChI is InChI=1S/C24H52O5Si3/c1-22(2,3)30(10,11)26-17-19-21(29-32(14,15)24(7,8)9)18(16-20(25)27-19)28-31(12,13)23(4,5)6/h18-19,21H,16-17H2,1-15H3/t18?,19-,21?/m1/s1. The molecule has 0 spiro atoms. The van der Waals surface area contributed by atoms with Crippen LogP contribution in [-0.2, 0) is 22.8 Å². The van der Waals surface area contributed by atoms with Crippen molar-refractivity contribution >= 4 is 30.9 Å². The van der Waals surface area contributed by atoms with Crippen LogP contribution in [0.2, 0.25) is 54.4 Å². The number of carbonyl (C=O) groups excluding carboxylic acids is 1. The van der Waals surface area contributed by atoms with Gasteiger partial charge in [-0.05, 0) is 54.4 Å². The van der Waals surface area contributed by atoms with Gasteiger partial charge >= 0.3 is 5.97 Å². The minimum Gasteiger partial charge on any atom is -0.457 e. The second kappa shape index (κ2) is 9.57. The molecule has 2 unspecified atom stereocenters. The molecule has 1 aliphatic rings. The highest BCUT2D eigenvalue weighted by molar-refractivity contribution is 6.75. The van der Waals surface area contributed by atoms with E-state index < -0.39 is 31.1 Å². The summed E-state index contributed by atoms with van der Waals surface area (Å²) in [5.41, 5.74) is 0. The molecule has 1 heterocycles. The zero-order chi connectivity index (χ0) is 25.6. The molecule has 0 radical (unpaired) electrons. The molecule has 5 nitrogen and oxygen atoms in total. The van der Waals surface area contributed by atoms with E-state index in [1.807, 2.05) is 0 Å². The Morgan fingerprint density at radius 2 is 1.16 bits per heavy atom. The van der Waals surface area contributed by atoms with Gasteiger partial charge in [-0.25, -0.2) is 0 Å². The molecule has 0 amide bonds. The molecule has 3 atom stereocenters. The molecule has 1 aliphatic heterocycles. The fourth-order valence-electron chi connectivity index (χ4n) is 2.77. The van der Waals surface area contributed by atoms with E-state index in [1.54, 1.807) is 0 Å².